The normalized spacial score (nSPS) is 25.8. The Morgan fingerprint density at radius 1 is 1.31 bits per heavy atom. The van der Waals surface area contributed by atoms with E-state index in [0.29, 0.717) is 0 Å². The highest BCUT2D eigenvalue weighted by molar-refractivity contribution is 5.53. The Morgan fingerprint density at radius 2 is 2.00 bits per heavy atom. The molecule has 0 aromatic heterocycles. The molecule has 3 heteroatoms. The summed E-state index contributed by atoms with van der Waals surface area (Å²) in [6.45, 7) is 4.23. The fraction of sp³-hybridized carbons (Fsp3) is 0.538. The number of nitrogens with two attached hydrogens (primary N) is 1. The third-order valence-electron chi connectivity index (χ3n) is 3.41. The molecule has 0 aliphatic carbocycles. The molecule has 0 spiro atoms. The van der Waals surface area contributed by atoms with Crippen molar-refractivity contribution in [2.24, 2.45) is 0 Å². The lowest BCUT2D eigenvalue weighted by atomic mass is 9.94. The van der Waals surface area contributed by atoms with Crippen LogP contribution in [-0.4, -0.2) is 25.8 Å². The Balaban J connectivity index is 2.12. The van der Waals surface area contributed by atoms with Gasteiger partial charge in [0.1, 0.15) is 0 Å². The molecule has 1 heterocycles. The van der Waals surface area contributed by atoms with Gasteiger partial charge in [0.15, 0.2) is 0 Å². The zero-order valence-electron chi connectivity index (χ0n) is 10.1. The molecule has 1 aliphatic heterocycles. The number of piperidine rings is 1. The van der Waals surface area contributed by atoms with Gasteiger partial charge in [0.05, 0.1) is 5.60 Å². The van der Waals surface area contributed by atoms with Gasteiger partial charge in [0.2, 0.25) is 0 Å². The van der Waals surface area contributed by atoms with Gasteiger partial charge in [-0.25, -0.2) is 0 Å². The molecule has 2 rings (SSSR count). The standard InChI is InChI=1S/C13H20N2O/c1-13(16-2)8-3-9-15(10-13)12-6-4-11(14)5-7-12/h4-7H,3,8-10,14H2,1-2H3. The molecule has 1 aromatic rings. The second-order valence-electron chi connectivity index (χ2n) is 4.77. The first-order valence-electron chi connectivity index (χ1n) is 5.79. The van der Waals surface area contributed by atoms with E-state index in [1.54, 1.807) is 7.11 Å². The summed E-state index contributed by atoms with van der Waals surface area (Å²) in [6.07, 6.45) is 2.31. The van der Waals surface area contributed by atoms with Crippen molar-refractivity contribution < 1.29 is 4.74 Å². The second kappa shape index (κ2) is 4.34. The number of hydrogen-bond donors (Lipinski definition) is 1. The van der Waals surface area contributed by atoms with E-state index >= 15 is 0 Å². The number of anilines is 2. The Hall–Kier alpha value is -1.22. The summed E-state index contributed by atoms with van der Waals surface area (Å²) in [4.78, 5) is 2.37. The van der Waals surface area contributed by atoms with E-state index in [1.807, 2.05) is 12.1 Å². The van der Waals surface area contributed by atoms with E-state index in [2.05, 4.69) is 24.0 Å². The lowest BCUT2D eigenvalue weighted by Gasteiger charge is -2.40. The third kappa shape index (κ3) is 2.30. The van der Waals surface area contributed by atoms with Crippen LogP contribution in [0.4, 0.5) is 11.4 Å². The van der Waals surface area contributed by atoms with Crippen LogP contribution in [0.2, 0.25) is 0 Å². The molecular weight excluding hydrogens is 200 g/mol. The number of nitrogens with zero attached hydrogens (tertiary/aromatic N) is 1. The van der Waals surface area contributed by atoms with Crippen LogP contribution in [0.3, 0.4) is 0 Å². The van der Waals surface area contributed by atoms with Crippen molar-refractivity contribution in [1.82, 2.24) is 0 Å². The second-order valence-corrected chi connectivity index (χ2v) is 4.77. The summed E-state index contributed by atoms with van der Waals surface area (Å²) in [5, 5.41) is 0. The summed E-state index contributed by atoms with van der Waals surface area (Å²) in [6, 6.07) is 8.07. The van der Waals surface area contributed by atoms with Crippen LogP contribution >= 0.6 is 0 Å². The van der Waals surface area contributed by atoms with Crippen molar-refractivity contribution in [3.63, 3.8) is 0 Å². The van der Waals surface area contributed by atoms with E-state index in [0.717, 1.165) is 25.2 Å². The predicted octanol–water partition coefficient (Wildman–Crippen LogP) is 2.27. The smallest absolute Gasteiger partial charge is 0.0825 e. The molecule has 1 fully saturated rings. The first-order chi connectivity index (χ1) is 7.63. The van der Waals surface area contributed by atoms with Gasteiger partial charge in [-0.15, -0.1) is 0 Å². The van der Waals surface area contributed by atoms with Crippen LogP contribution in [0.1, 0.15) is 19.8 Å². The summed E-state index contributed by atoms with van der Waals surface area (Å²) in [5.41, 5.74) is 7.73. The van der Waals surface area contributed by atoms with Crippen molar-refractivity contribution in [2.45, 2.75) is 25.4 Å². The van der Waals surface area contributed by atoms with Gasteiger partial charge in [-0.2, -0.15) is 0 Å². The maximum absolute atomic E-state index is 5.69. The molecule has 2 N–H and O–H groups in total. The molecule has 1 aromatic carbocycles. The summed E-state index contributed by atoms with van der Waals surface area (Å²) in [7, 11) is 1.80. The minimum absolute atomic E-state index is 0.0142. The number of methoxy groups -OCH3 is 1. The van der Waals surface area contributed by atoms with E-state index in [-0.39, 0.29) is 5.60 Å². The summed E-state index contributed by atoms with van der Waals surface area (Å²) >= 11 is 0. The van der Waals surface area contributed by atoms with E-state index < -0.39 is 0 Å². The third-order valence-corrected chi connectivity index (χ3v) is 3.41. The number of nitrogen functional groups attached to an aromatic ring is 1. The van der Waals surface area contributed by atoms with Gasteiger partial charge in [-0.1, -0.05) is 0 Å². The van der Waals surface area contributed by atoms with E-state index in [4.69, 9.17) is 10.5 Å². The zero-order valence-corrected chi connectivity index (χ0v) is 10.1. The van der Waals surface area contributed by atoms with Crippen molar-refractivity contribution in [3.05, 3.63) is 24.3 Å². The summed E-state index contributed by atoms with van der Waals surface area (Å²) < 4.78 is 5.59. The average Bonchev–Trinajstić information content (AvgIpc) is 2.30. The van der Waals surface area contributed by atoms with Crippen LogP contribution in [-0.2, 0) is 4.74 Å². The first kappa shape index (κ1) is 11.3. The van der Waals surface area contributed by atoms with Crippen LogP contribution in [0.5, 0.6) is 0 Å². The molecular formula is C13H20N2O. The van der Waals surface area contributed by atoms with Gasteiger partial charge in [-0.05, 0) is 44.0 Å². The van der Waals surface area contributed by atoms with Crippen molar-refractivity contribution >= 4 is 11.4 Å². The lowest BCUT2D eigenvalue weighted by Crippen LogP contribution is -2.47. The van der Waals surface area contributed by atoms with Crippen molar-refractivity contribution in [2.75, 3.05) is 30.8 Å². The largest absolute Gasteiger partial charge is 0.399 e. The number of ether oxygens (including phenoxy) is 1. The molecule has 0 radical (unpaired) electrons. The van der Waals surface area contributed by atoms with E-state index in [1.165, 1.54) is 12.1 Å². The minimum atomic E-state index is -0.0142. The quantitative estimate of drug-likeness (QED) is 0.777. The zero-order chi connectivity index (χ0) is 11.6. The van der Waals surface area contributed by atoms with Gasteiger partial charge in [0.25, 0.3) is 0 Å². The fourth-order valence-electron chi connectivity index (χ4n) is 2.28. The highest BCUT2D eigenvalue weighted by atomic mass is 16.5. The molecule has 16 heavy (non-hydrogen) atoms. The number of benzene rings is 1. The molecule has 0 saturated carbocycles. The molecule has 88 valence electrons. The van der Waals surface area contributed by atoms with Crippen LogP contribution in [0.25, 0.3) is 0 Å². The first-order valence-corrected chi connectivity index (χ1v) is 5.79. The van der Waals surface area contributed by atoms with E-state index in [9.17, 15) is 0 Å². The molecule has 0 amide bonds. The Morgan fingerprint density at radius 3 is 2.62 bits per heavy atom. The Labute approximate surface area is 97.2 Å². The number of hydrogen-bond acceptors (Lipinski definition) is 3. The van der Waals surface area contributed by atoms with Gasteiger partial charge in [0, 0.05) is 31.6 Å². The maximum atomic E-state index is 5.69. The SMILES string of the molecule is COC1(C)CCCN(c2ccc(N)cc2)C1. The highest BCUT2D eigenvalue weighted by Gasteiger charge is 2.30. The molecule has 3 nitrogen and oxygen atoms in total. The van der Waals surface area contributed by atoms with Gasteiger partial charge in [-0.3, -0.25) is 0 Å². The number of rotatable bonds is 2. The Kier molecular flexibility index (Phi) is 3.06. The van der Waals surface area contributed by atoms with Crippen molar-refractivity contribution in [1.29, 1.82) is 0 Å². The van der Waals surface area contributed by atoms with Crippen LogP contribution in [0, 0.1) is 0 Å². The molecule has 1 unspecified atom stereocenters. The highest BCUT2D eigenvalue weighted by Crippen LogP contribution is 2.28. The minimum Gasteiger partial charge on any atom is -0.399 e. The fourth-order valence-corrected chi connectivity index (χ4v) is 2.28. The van der Waals surface area contributed by atoms with Crippen molar-refractivity contribution in [3.8, 4) is 0 Å². The van der Waals surface area contributed by atoms with Gasteiger partial charge < -0.3 is 15.4 Å². The average molecular weight is 220 g/mol. The Bertz CT molecular complexity index is 349. The predicted molar refractivity (Wildman–Crippen MR) is 67.7 cm³/mol. The van der Waals surface area contributed by atoms with Crippen LogP contribution in [0.15, 0.2) is 24.3 Å². The monoisotopic (exact) mass is 220 g/mol. The topological polar surface area (TPSA) is 38.5 Å². The van der Waals surface area contributed by atoms with Crippen LogP contribution < -0.4 is 10.6 Å². The molecule has 1 aliphatic rings. The molecule has 1 saturated heterocycles. The molecule has 0 bridgehead atoms. The summed E-state index contributed by atoms with van der Waals surface area (Å²) in [5.74, 6) is 0. The lowest BCUT2D eigenvalue weighted by molar-refractivity contribution is -0.00465. The maximum Gasteiger partial charge on any atom is 0.0825 e. The van der Waals surface area contributed by atoms with Gasteiger partial charge >= 0.3 is 0 Å². The molecule has 1 atom stereocenters.